The molecule has 0 saturated carbocycles. The molecule has 4 heteroatoms. The molecule has 1 aromatic heterocycles. The smallest absolute Gasteiger partial charge is 0.251 e. The first-order chi connectivity index (χ1) is 9.70. The van der Waals surface area contributed by atoms with Crippen LogP contribution in [0.25, 0.3) is 0 Å². The number of benzene rings is 1. The zero-order valence-corrected chi connectivity index (χ0v) is 13.2. The highest BCUT2D eigenvalue weighted by Gasteiger charge is 2.05. The van der Waals surface area contributed by atoms with Gasteiger partial charge in [-0.3, -0.25) is 9.78 Å². The number of hydrogen-bond donors (Lipinski definition) is 1. The van der Waals surface area contributed by atoms with Crippen molar-refractivity contribution in [2.75, 3.05) is 0 Å². The number of amides is 1. The Kier molecular flexibility index (Phi) is 6.89. The van der Waals surface area contributed by atoms with Crippen molar-refractivity contribution >= 4 is 18.3 Å². The van der Waals surface area contributed by atoms with Crippen LogP contribution in [0.15, 0.2) is 48.8 Å². The molecular formula is C17H21ClN2O. The van der Waals surface area contributed by atoms with Crippen LogP contribution in [0, 0.1) is 0 Å². The third-order valence-corrected chi connectivity index (χ3v) is 3.56. The molecule has 112 valence electrons. The van der Waals surface area contributed by atoms with Gasteiger partial charge in [0.15, 0.2) is 0 Å². The highest BCUT2D eigenvalue weighted by atomic mass is 35.5. The normalized spacial score (nSPS) is 11.3. The first kappa shape index (κ1) is 17.2. The Morgan fingerprint density at radius 1 is 1.14 bits per heavy atom. The van der Waals surface area contributed by atoms with Gasteiger partial charge in [0.2, 0.25) is 0 Å². The molecule has 21 heavy (non-hydrogen) atoms. The molecule has 1 unspecified atom stereocenters. The molecule has 0 aliphatic heterocycles. The minimum absolute atomic E-state index is 0. The van der Waals surface area contributed by atoms with E-state index < -0.39 is 0 Å². The van der Waals surface area contributed by atoms with Crippen molar-refractivity contribution in [1.82, 2.24) is 10.3 Å². The van der Waals surface area contributed by atoms with Crippen LogP contribution < -0.4 is 5.32 Å². The summed E-state index contributed by atoms with van der Waals surface area (Å²) in [6.07, 6.45) is 4.38. The molecule has 0 spiro atoms. The second-order valence-corrected chi connectivity index (χ2v) is 4.97. The highest BCUT2D eigenvalue weighted by molar-refractivity contribution is 5.93. The van der Waals surface area contributed by atoms with E-state index in [1.807, 2.05) is 0 Å². The number of carbonyl (C=O) groups excluding carboxylic acids is 1. The van der Waals surface area contributed by atoms with Gasteiger partial charge in [0.25, 0.3) is 5.91 Å². The van der Waals surface area contributed by atoms with Gasteiger partial charge in [-0.25, -0.2) is 0 Å². The summed E-state index contributed by atoms with van der Waals surface area (Å²) in [6.45, 7) is 4.95. The van der Waals surface area contributed by atoms with Gasteiger partial charge in [-0.05, 0) is 35.6 Å². The van der Waals surface area contributed by atoms with Gasteiger partial charge >= 0.3 is 0 Å². The van der Waals surface area contributed by atoms with Crippen molar-refractivity contribution in [3.05, 3.63) is 65.5 Å². The lowest BCUT2D eigenvalue weighted by Crippen LogP contribution is -2.22. The molecule has 1 amide bonds. The molecule has 2 rings (SSSR count). The molecule has 0 bridgehead atoms. The number of pyridine rings is 1. The van der Waals surface area contributed by atoms with Gasteiger partial charge in [0.05, 0.1) is 0 Å². The van der Waals surface area contributed by atoms with Crippen molar-refractivity contribution in [2.45, 2.75) is 32.7 Å². The summed E-state index contributed by atoms with van der Waals surface area (Å²) in [5.41, 5.74) is 3.09. The summed E-state index contributed by atoms with van der Waals surface area (Å²) in [7, 11) is 0. The Morgan fingerprint density at radius 3 is 2.33 bits per heavy atom. The molecule has 3 nitrogen and oxygen atoms in total. The van der Waals surface area contributed by atoms with Crippen LogP contribution in [-0.4, -0.2) is 10.9 Å². The average Bonchev–Trinajstić information content (AvgIpc) is 2.53. The molecule has 0 saturated heterocycles. The summed E-state index contributed by atoms with van der Waals surface area (Å²) in [4.78, 5) is 15.8. The molecule has 0 radical (unpaired) electrons. The maximum absolute atomic E-state index is 11.9. The monoisotopic (exact) mass is 304 g/mol. The van der Waals surface area contributed by atoms with Crippen molar-refractivity contribution in [1.29, 1.82) is 0 Å². The number of carbonyl (C=O) groups is 1. The number of nitrogens with one attached hydrogen (secondary N) is 1. The fourth-order valence-electron chi connectivity index (χ4n) is 1.99. The average molecular weight is 305 g/mol. The van der Waals surface area contributed by atoms with Crippen LogP contribution in [0.4, 0.5) is 0 Å². The first-order valence-corrected chi connectivity index (χ1v) is 6.97. The predicted molar refractivity (Wildman–Crippen MR) is 87.8 cm³/mol. The quantitative estimate of drug-likeness (QED) is 0.909. The second kappa shape index (κ2) is 8.42. The third kappa shape index (κ3) is 4.87. The molecule has 1 aromatic carbocycles. The summed E-state index contributed by atoms with van der Waals surface area (Å²) < 4.78 is 0. The van der Waals surface area contributed by atoms with E-state index in [0.29, 0.717) is 18.0 Å². The second-order valence-electron chi connectivity index (χ2n) is 4.97. The number of nitrogens with zero attached hydrogens (tertiary/aromatic N) is 1. The van der Waals surface area contributed by atoms with E-state index in [1.54, 1.807) is 24.5 Å². The number of hydrogen-bond acceptors (Lipinski definition) is 2. The van der Waals surface area contributed by atoms with Crippen LogP contribution in [0.3, 0.4) is 0 Å². The summed E-state index contributed by atoms with van der Waals surface area (Å²) in [5.74, 6) is 0.508. The van der Waals surface area contributed by atoms with E-state index in [9.17, 15) is 4.79 Å². The number of halogens is 1. The van der Waals surface area contributed by atoms with Crippen LogP contribution in [0.1, 0.15) is 47.7 Å². The fourth-order valence-corrected chi connectivity index (χ4v) is 1.99. The van der Waals surface area contributed by atoms with E-state index in [-0.39, 0.29) is 18.3 Å². The highest BCUT2D eigenvalue weighted by Crippen LogP contribution is 2.18. The van der Waals surface area contributed by atoms with Crippen LogP contribution >= 0.6 is 12.4 Å². The van der Waals surface area contributed by atoms with Gasteiger partial charge < -0.3 is 5.32 Å². The van der Waals surface area contributed by atoms with Gasteiger partial charge in [-0.15, -0.1) is 12.4 Å². The lowest BCUT2D eigenvalue weighted by molar-refractivity contribution is 0.0951. The lowest BCUT2D eigenvalue weighted by atomic mass is 9.98. The van der Waals surface area contributed by atoms with E-state index in [4.69, 9.17) is 0 Å². The SMILES string of the molecule is CCC(C)c1ccc(CNC(=O)c2ccncc2)cc1.Cl. The number of aromatic nitrogens is 1. The molecule has 1 heterocycles. The van der Waals surface area contributed by atoms with E-state index in [2.05, 4.69) is 48.4 Å². The molecule has 0 aliphatic rings. The van der Waals surface area contributed by atoms with Gasteiger partial charge in [-0.2, -0.15) is 0 Å². The van der Waals surface area contributed by atoms with E-state index >= 15 is 0 Å². The molecule has 0 aliphatic carbocycles. The summed E-state index contributed by atoms with van der Waals surface area (Å²) in [6, 6.07) is 11.9. The standard InChI is InChI=1S/C17H20N2O.ClH/c1-3-13(2)15-6-4-14(5-7-15)12-19-17(20)16-8-10-18-11-9-16;/h4-11,13H,3,12H2,1-2H3,(H,19,20);1H. The molecular weight excluding hydrogens is 284 g/mol. The van der Waals surface area contributed by atoms with Gasteiger partial charge in [0, 0.05) is 24.5 Å². The van der Waals surface area contributed by atoms with Crippen molar-refractivity contribution in [3.8, 4) is 0 Å². The first-order valence-electron chi connectivity index (χ1n) is 6.97. The van der Waals surface area contributed by atoms with Crippen molar-refractivity contribution in [2.24, 2.45) is 0 Å². The minimum Gasteiger partial charge on any atom is -0.348 e. The Hall–Kier alpha value is -1.87. The van der Waals surface area contributed by atoms with Gasteiger partial charge in [0.1, 0.15) is 0 Å². The van der Waals surface area contributed by atoms with Crippen LogP contribution in [-0.2, 0) is 6.54 Å². The zero-order valence-electron chi connectivity index (χ0n) is 12.4. The predicted octanol–water partition coefficient (Wildman–Crippen LogP) is 3.95. The van der Waals surface area contributed by atoms with Crippen molar-refractivity contribution < 1.29 is 4.79 Å². The van der Waals surface area contributed by atoms with E-state index in [1.165, 1.54) is 5.56 Å². The summed E-state index contributed by atoms with van der Waals surface area (Å²) >= 11 is 0. The Morgan fingerprint density at radius 2 is 1.76 bits per heavy atom. The number of rotatable bonds is 5. The third-order valence-electron chi connectivity index (χ3n) is 3.56. The van der Waals surface area contributed by atoms with Crippen LogP contribution in [0.5, 0.6) is 0 Å². The Labute approximate surface area is 132 Å². The molecule has 1 N–H and O–H groups in total. The lowest BCUT2D eigenvalue weighted by Gasteiger charge is -2.10. The van der Waals surface area contributed by atoms with Gasteiger partial charge in [-0.1, -0.05) is 38.1 Å². The fraction of sp³-hybridized carbons (Fsp3) is 0.294. The van der Waals surface area contributed by atoms with Crippen LogP contribution in [0.2, 0.25) is 0 Å². The maximum atomic E-state index is 11.9. The minimum atomic E-state index is -0.0709. The Bertz CT molecular complexity index is 555. The molecule has 1 atom stereocenters. The Balaban J connectivity index is 0.00000220. The topological polar surface area (TPSA) is 42.0 Å². The largest absolute Gasteiger partial charge is 0.348 e. The van der Waals surface area contributed by atoms with E-state index in [0.717, 1.165) is 12.0 Å². The van der Waals surface area contributed by atoms with Crippen molar-refractivity contribution in [3.63, 3.8) is 0 Å². The summed E-state index contributed by atoms with van der Waals surface area (Å²) in [5, 5.41) is 2.91. The maximum Gasteiger partial charge on any atom is 0.251 e. The molecule has 0 fully saturated rings. The molecule has 2 aromatic rings. The zero-order chi connectivity index (χ0) is 14.4.